The fourth-order valence-corrected chi connectivity index (χ4v) is 4.81. The molecular formula is C20H24ClN3O3S. The monoisotopic (exact) mass is 421 g/mol. The normalized spacial score (nSPS) is 15.3. The third kappa shape index (κ3) is 5.54. The van der Waals surface area contributed by atoms with Gasteiger partial charge in [0, 0.05) is 30.3 Å². The first-order valence-corrected chi connectivity index (χ1v) is 11.1. The molecule has 0 aromatic heterocycles. The summed E-state index contributed by atoms with van der Waals surface area (Å²) >= 11 is 5.85. The first-order valence-electron chi connectivity index (χ1n) is 9.30. The van der Waals surface area contributed by atoms with Crippen LogP contribution in [-0.2, 0) is 21.4 Å². The predicted octanol–water partition coefficient (Wildman–Crippen LogP) is 3.24. The summed E-state index contributed by atoms with van der Waals surface area (Å²) in [5.41, 5.74) is 1.49. The Kier molecular flexibility index (Phi) is 7.07. The van der Waals surface area contributed by atoms with E-state index in [1.807, 2.05) is 12.1 Å². The van der Waals surface area contributed by atoms with Gasteiger partial charge in [-0.15, -0.1) is 0 Å². The molecule has 1 heterocycles. The number of hydrogen-bond acceptors (Lipinski definition) is 4. The summed E-state index contributed by atoms with van der Waals surface area (Å²) in [7, 11) is -3.52. The molecule has 0 unspecified atom stereocenters. The van der Waals surface area contributed by atoms with Crippen molar-refractivity contribution < 1.29 is 13.2 Å². The van der Waals surface area contributed by atoms with Gasteiger partial charge in [-0.25, -0.2) is 8.42 Å². The summed E-state index contributed by atoms with van der Waals surface area (Å²) in [6.07, 6.45) is 2.83. The lowest BCUT2D eigenvalue weighted by molar-refractivity contribution is -0.115. The molecule has 0 saturated carbocycles. The Morgan fingerprint density at radius 2 is 1.75 bits per heavy atom. The minimum Gasteiger partial charge on any atom is -0.325 e. The van der Waals surface area contributed by atoms with Crippen molar-refractivity contribution in [2.75, 3.05) is 25.0 Å². The van der Waals surface area contributed by atoms with Crippen molar-refractivity contribution in [1.82, 2.24) is 9.62 Å². The zero-order valence-corrected chi connectivity index (χ0v) is 17.1. The second-order valence-electron chi connectivity index (χ2n) is 6.77. The van der Waals surface area contributed by atoms with Crippen molar-refractivity contribution in [3.8, 4) is 0 Å². The van der Waals surface area contributed by atoms with Gasteiger partial charge in [-0.2, -0.15) is 4.31 Å². The molecule has 1 amide bonds. The molecule has 1 aliphatic rings. The lowest BCUT2D eigenvalue weighted by atomic mass is 10.2. The molecular weight excluding hydrogens is 398 g/mol. The zero-order valence-electron chi connectivity index (χ0n) is 15.5. The highest BCUT2D eigenvalue weighted by Gasteiger charge is 2.26. The topological polar surface area (TPSA) is 78.5 Å². The maximum atomic E-state index is 12.8. The Hall–Kier alpha value is -1.93. The number of nitrogens with one attached hydrogen (secondary N) is 2. The maximum Gasteiger partial charge on any atom is 0.243 e. The van der Waals surface area contributed by atoms with Gasteiger partial charge < -0.3 is 10.6 Å². The van der Waals surface area contributed by atoms with Crippen LogP contribution in [0.2, 0.25) is 5.02 Å². The molecule has 0 radical (unpaired) electrons. The SMILES string of the molecule is O=C(CNCc1ccc(Cl)cc1)Nc1cccc(S(=O)(=O)N2CCCCC2)c1. The fraction of sp³-hybridized carbons (Fsp3) is 0.350. The Morgan fingerprint density at radius 3 is 2.46 bits per heavy atom. The minimum atomic E-state index is -3.52. The molecule has 2 aromatic rings. The molecule has 0 atom stereocenters. The van der Waals surface area contributed by atoms with Crippen molar-refractivity contribution in [2.45, 2.75) is 30.7 Å². The standard InChI is InChI=1S/C20H24ClN3O3S/c21-17-9-7-16(8-10-17)14-22-15-20(25)23-18-5-4-6-19(13-18)28(26,27)24-11-2-1-3-12-24/h4-10,13,22H,1-3,11-12,14-15H2,(H,23,25). The highest BCUT2D eigenvalue weighted by molar-refractivity contribution is 7.89. The molecule has 2 N–H and O–H groups in total. The fourth-order valence-electron chi connectivity index (χ4n) is 3.12. The number of nitrogens with zero attached hydrogens (tertiary/aromatic N) is 1. The van der Waals surface area contributed by atoms with Crippen molar-refractivity contribution in [3.05, 3.63) is 59.1 Å². The van der Waals surface area contributed by atoms with E-state index in [4.69, 9.17) is 11.6 Å². The molecule has 0 bridgehead atoms. The summed E-state index contributed by atoms with van der Waals surface area (Å²) in [5, 5.41) is 6.47. The van der Waals surface area contributed by atoms with E-state index in [0.717, 1.165) is 24.8 Å². The van der Waals surface area contributed by atoms with E-state index in [0.29, 0.717) is 30.3 Å². The molecule has 3 rings (SSSR count). The number of sulfonamides is 1. The number of carbonyl (C=O) groups excluding carboxylic acids is 1. The molecule has 1 aliphatic heterocycles. The summed E-state index contributed by atoms with van der Waals surface area (Å²) < 4.78 is 27.1. The van der Waals surface area contributed by atoms with Gasteiger partial charge in [0.15, 0.2) is 0 Å². The summed E-state index contributed by atoms with van der Waals surface area (Å²) in [4.78, 5) is 12.4. The van der Waals surface area contributed by atoms with E-state index in [1.54, 1.807) is 30.3 Å². The van der Waals surface area contributed by atoms with Gasteiger partial charge in [-0.3, -0.25) is 4.79 Å². The van der Waals surface area contributed by atoms with Gasteiger partial charge in [-0.05, 0) is 48.7 Å². The number of benzene rings is 2. The molecule has 1 fully saturated rings. The summed E-state index contributed by atoms with van der Waals surface area (Å²) in [6, 6.07) is 13.8. The third-order valence-corrected chi connectivity index (χ3v) is 6.75. The van der Waals surface area contributed by atoms with Crippen LogP contribution in [0.15, 0.2) is 53.4 Å². The Labute approximate surface area is 170 Å². The van der Waals surface area contributed by atoms with Gasteiger partial charge in [-0.1, -0.05) is 36.2 Å². The van der Waals surface area contributed by atoms with Gasteiger partial charge >= 0.3 is 0 Å². The lowest BCUT2D eigenvalue weighted by Crippen LogP contribution is -2.35. The number of hydrogen-bond donors (Lipinski definition) is 2. The number of halogens is 1. The summed E-state index contributed by atoms with van der Waals surface area (Å²) in [6.45, 7) is 1.75. The van der Waals surface area contributed by atoms with E-state index in [-0.39, 0.29) is 17.3 Å². The van der Waals surface area contributed by atoms with E-state index in [2.05, 4.69) is 10.6 Å². The molecule has 2 aromatic carbocycles. The molecule has 150 valence electrons. The average molecular weight is 422 g/mol. The van der Waals surface area contributed by atoms with Crippen LogP contribution in [0.5, 0.6) is 0 Å². The van der Waals surface area contributed by atoms with Crippen LogP contribution in [0.4, 0.5) is 5.69 Å². The van der Waals surface area contributed by atoms with Gasteiger partial charge in [0.2, 0.25) is 15.9 Å². The van der Waals surface area contributed by atoms with E-state index in [9.17, 15) is 13.2 Å². The van der Waals surface area contributed by atoms with Crippen molar-refractivity contribution in [2.24, 2.45) is 0 Å². The highest BCUT2D eigenvalue weighted by atomic mass is 35.5. The smallest absolute Gasteiger partial charge is 0.243 e. The average Bonchev–Trinajstić information content (AvgIpc) is 2.70. The van der Waals surface area contributed by atoms with Crippen LogP contribution in [0.1, 0.15) is 24.8 Å². The predicted molar refractivity (Wildman–Crippen MR) is 111 cm³/mol. The van der Waals surface area contributed by atoms with E-state index >= 15 is 0 Å². The van der Waals surface area contributed by atoms with Crippen molar-refractivity contribution >= 4 is 33.2 Å². The molecule has 0 aliphatic carbocycles. The number of amides is 1. The zero-order chi connectivity index (χ0) is 20.0. The van der Waals surface area contributed by atoms with E-state index < -0.39 is 10.0 Å². The van der Waals surface area contributed by atoms with E-state index in [1.165, 1.54) is 10.4 Å². The lowest BCUT2D eigenvalue weighted by Gasteiger charge is -2.26. The van der Waals surface area contributed by atoms with Crippen molar-refractivity contribution in [3.63, 3.8) is 0 Å². The number of anilines is 1. The molecule has 0 spiro atoms. The molecule has 28 heavy (non-hydrogen) atoms. The molecule has 1 saturated heterocycles. The van der Waals surface area contributed by atoms with Crippen LogP contribution in [0.25, 0.3) is 0 Å². The minimum absolute atomic E-state index is 0.117. The Balaban J connectivity index is 1.56. The number of carbonyl (C=O) groups is 1. The van der Waals surface area contributed by atoms with Crippen LogP contribution in [0, 0.1) is 0 Å². The van der Waals surface area contributed by atoms with Crippen LogP contribution in [-0.4, -0.2) is 38.3 Å². The maximum absolute atomic E-state index is 12.8. The highest BCUT2D eigenvalue weighted by Crippen LogP contribution is 2.22. The number of piperidine rings is 1. The van der Waals surface area contributed by atoms with Gasteiger partial charge in [0.25, 0.3) is 0 Å². The summed E-state index contributed by atoms with van der Waals surface area (Å²) in [5.74, 6) is -0.235. The second-order valence-corrected chi connectivity index (χ2v) is 9.15. The molecule has 8 heteroatoms. The number of rotatable bonds is 7. The Morgan fingerprint density at radius 1 is 1.04 bits per heavy atom. The molecule has 6 nitrogen and oxygen atoms in total. The first kappa shape index (κ1) is 20.8. The Bertz CT molecular complexity index is 911. The second kappa shape index (κ2) is 9.52. The first-order chi connectivity index (χ1) is 13.4. The quantitative estimate of drug-likeness (QED) is 0.719. The van der Waals surface area contributed by atoms with Crippen LogP contribution >= 0.6 is 11.6 Å². The van der Waals surface area contributed by atoms with Crippen LogP contribution < -0.4 is 10.6 Å². The van der Waals surface area contributed by atoms with Gasteiger partial charge in [0.1, 0.15) is 0 Å². The van der Waals surface area contributed by atoms with Crippen LogP contribution in [0.3, 0.4) is 0 Å². The largest absolute Gasteiger partial charge is 0.325 e. The van der Waals surface area contributed by atoms with Crippen molar-refractivity contribution in [1.29, 1.82) is 0 Å². The third-order valence-electron chi connectivity index (χ3n) is 4.60. The van der Waals surface area contributed by atoms with Gasteiger partial charge in [0.05, 0.1) is 11.4 Å².